The number of allylic oxidation sites excluding steroid dienone is 1. The lowest BCUT2D eigenvalue weighted by molar-refractivity contribution is 0.773. The van der Waals surface area contributed by atoms with Crippen LogP contribution in [0.4, 0.5) is 0 Å². The number of rotatable bonds is 5. The van der Waals surface area contributed by atoms with Crippen LogP contribution < -0.4 is 0 Å². The van der Waals surface area contributed by atoms with Gasteiger partial charge in [-0.1, -0.05) is 19.1 Å². The molecule has 0 spiro atoms. The highest BCUT2D eigenvalue weighted by molar-refractivity contribution is 6.17. The lowest BCUT2D eigenvalue weighted by Gasteiger charge is -1.98. The summed E-state index contributed by atoms with van der Waals surface area (Å²) >= 11 is 5.50. The van der Waals surface area contributed by atoms with E-state index in [0.29, 0.717) is 0 Å². The van der Waals surface area contributed by atoms with Gasteiger partial charge in [0.25, 0.3) is 0 Å². The first-order valence-corrected chi connectivity index (χ1v) is 4.07. The third kappa shape index (κ3) is 5.91. The molecule has 9 heavy (non-hydrogen) atoms. The van der Waals surface area contributed by atoms with Crippen LogP contribution in [0.15, 0.2) is 12.2 Å². The summed E-state index contributed by atoms with van der Waals surface area (Å²) in [6.07, 6.45) is 4.60. The van der Waals surface area contributed by atoms with Gasteiger partial charge in [-0.05, 0) is 25.7 Å². The third-order valence-corrected chi connectivity index (χ3v) is 1.68. The smallest absolute Gasteiger partial charge is 0.0223 e. The quantitative estimate of drug-likeness (QED) is 0.317. The SMILES string of the molecule is C=C(CC)CCCCCl. The van der Waals surface area contributed by atoms with Crippen LogP contribution in [-0.4, -0.2) is 5.88 Å². The van der Waals surface area contributed by atoms with E-state index in [1.807, 2.05) is 0 Å². The Morgan fingerprint density at radius 3 is 2.56 bits per heavy atom. The van der Waals surface area contributed by atoms with Gasteiger partial charge in [-0.25, -0.2) is 0 Å². The van der Waals surface area contributed by atoms with Crippen LogP contribution in [0.5, 0.6) is 0 Å². The van der Waals surface area contributed by atoms with Crippen molar-refractivity contribution in [1.82, 2.24) is 0 Å². The van der Waals surface area contributed by atoms with E-state index >= 15 is 0 Å². The molecule has 0 heterocycles. The van der Waals surface area contributed by atoms with Crippen molar-refractivity contribution in [3.8, 4) is 0 Å². The molecule has 0 atom stereocenters. The van der Waals surface area contributed by atoms with E-state index in [1.54, 1.807) is 0 Å². The van der Waals surface area contributed by atoms with Gasteiger partial charge in [-0.2, -0.15) is 0 Å². The van der Waals surface area contributed by atoms with Gasteiger partial charge in [0.2, 0.25) is 0 Å². The number of alkyl halides is 1. The molecule has 0 amide bonds. The first-order chi connectivity index (χ1) is 4.31. The summed E-state index contributed by atoms with van der Waals surface area (Å²) in [5.41, 5.74) is 1.35. The van der Waals surface area contributed by atoms with Gasteiger partial charge in [0.05, 0.1) is 0 Å². The highest BCUT2D eigenvalue weighted by Gasteiger charge is 1.89. The van der Waals surface area contributed by atoms with Crippen LogP contribution in [0.2, 0.25) is 0 Å². The van der Waals surface area contributed by atoms with Crippen LogP contribution in [0, 0.1) is 0 Å². The van der Waals surface area contributed by atoms with Crippen LogP contribution in [-0.2, 0) is 0 Å². The molecular formula is C8H15Cl. The van der Waals surface area contributed by atoms with E-state index in [-0.39, 0.29) is 0 Å². The van der Waals surface area contributed by atoms with E-state index in [9.17, 15) is 0 Å². The summed E-state index contributed by atoms with van der Waals surface area (Å²) in [4.78, 5) is 0. The molecule has 0 aromatic rings. The molecule has 0 bridgehead atoms. The normalized spacial score (nSPS) is 9.56. The molecule has 0 unspecified atom stereocenters. The van der Waals surface area contributed by atoms with Gasteiger partial charge in [0.1, 0.15) is 0 Å². The van der Waals surface area contributed by atoms with Crippen molar-refractivity contribution in [2.24, 2.45) is 0 Å². The maximum absolute atomic E-state index is 5.50. The van der Waals surface area contributed by atoms with Crippen molar-refractivity contribution >= 4 is 11.6 Å². The van der Waals surface area contributed by atoms with Crippen molar-refractivity contribution in [3.05, 3.63) is 12.2 Å². The first-order valence-electron chi connectivity index (χ1n) is 3.54. The van der Waals surface area contributed by atoms with E-state index < -0.39 is 0 Å². The zero-order valence-corrected chi connectivity index (χ0v) is 6.88. The molecule has 54 valence electrons. The molecule has 0 aliphatic heterocycles. The predicted molar refractivity (Wildman–Crippen MR) is 44.0 cm³/mol. The molecule has 0 fully saturated rings. The summed E-state index contributed by atoms with van der Waals surface area (Å²) in [6.45, 7) is 6.04. The minimum Gasteiger partial charge on any atom is -0.127 e. The Bertz CT molecular complexity index is 76.6. The van der Waals surface area contributed by atoms with Crippen LogP contribution in [0.25, 0.3) is 0 Å². The molecule has 0 aromatic carbocycles. The first kappa shape index (κ1) is 9.03. The van der Waals surface area contributed by atoms with Crippen molar-refractivity contribution in [2.45, 2.75) is 32.6 Å². The molecule has 0 saturated carbocycles. The monoisotopic (exact) mass is 146 g/mol. The minimum absolute atomic E-state index is 0.789. The zero-order chi connectivity index (χ0) is 7.11. The second kappa shape index (κ2) is 6.15. The summed E-state index contributed by atoms with van der Waals surface area (Å²) < 4.78 is 0. The van der Waals surface area contributed by atoms with E-state index in [2.05, 4.69) is 13.5 Å². The summed E-state index contributed by atoms with van der Waals surface area (Å²) in [5, 5.41) is 0. The van der Waals surface area contributed by atoms with Crippen molar-refractivity contribution in [2.75, 3.05) is 5.88 Å². The van der Waals surface area contributed by atoms with Gasteiger partial charge in [0, 0.05) is 5.88 Å². The standard InChI is InChI=1S/C8H15Cl/c1-3-8(2)6-4-5-7-9/h2-7H2,1H3. The lowest BCUT2D eigenvalue weighted by Crippen LogP contribution is -1.80. The second-order valence-electron chi connectivity index (χ2n) is 2.25. The highest BCUT2D eigenvalue weighted by Crippen LogP contribution is 2.08. The molecule has 0 N–H and O–H groups in total. The fourth-order valence-electron chi connectivity index (χ4n) is 0.646. The Kier molecular flexibility index (Phi) is 6.18. The molecular weight excluding hydrogens is 132 g/mol. The lowest BCUT2D eigenvalue weighted by atomic mass is 10.1. The number of hydrogen-bond donors (Lipinski definition) is 0. The zero-order valence-electron chi connectivity index (χ0n) is 6.12. The van der Waals surface area contributed by atoms with Crippen LogP contribution in [0.1, 0.15) is 32.6 Å². The van der Waals surface area contributed by atoms with Gasteiger partial charge < -0.3 is 0 Å². The maximum Gasteiger partial charge on any atom is 0.0223 e. The summed E-state index contributed by atoms with van der Waals surface area (Å²) in [6, 6.07) is 0. The van der Waals surface area contributed by atoms with Gasteiger partial charge in [-0.3, -0.25) is 0 Å². The Morgan fingerprint density at radius 2 is 2.11 bits per heavy atom. The largest absolute Gasteiger partial charge is 0.127 e. The molecule has 0 radical (unpaired) electrons. The fourth-order valence-corrected chi connectivity index (χ4v) is 0.835. The van der Waals surface area contributed by atoms with Crippen LogP contribution in [0.3, 0.4) is 0 Å². The molecule has 1 heteroatoms. The Hall–Kier alpha value is 0.0300. The Morgan fingerprint density at radius 1 is 1.44 bits per heavy atom. The van der Waals surface area contributed by atoms with E-state index in [4.69, 9.17) is 11.6 Å². The van der Waals surface area contributed by atoms with Crippen molar-refractivity contribution < 1.29 is 0 Å². The number of unbranched alkanes of at least 4 members (excludes halogenated alkanes) is 1. The van der Waals surface area contributed by atoms with E-state index in [1.165, 1.54) is 12.0 Å². The number of halogens is 1. The molecule has 0 aliphatic carbocycles. The van der Waals surface area contributed by atoms with Gasteiger partial charge >= 0.3 is 0 Å². The molecule has 0 aliphatic rings. The Labute approximate surface area is 62.9 Å². The molecule has 0 aromatic heterocycles. The third-order valence-electron chi connectivity index (χ3n) is 1.41. The summed E-state index contributed by atoms with van der Waals surface area (Å²) in [7, 11) is 0. The fraction of sp³-hybridized carbons (Fsp3) is 0.750. The summed E-state index contributed by atoms with van der Waals surface area (Å²) in [5.74, 6) is 0.789. The molecule has 0 saturated heterocycles. The van der Waals surface area contributed by atoms with Gasteiger partial charge in [-0.15, -0.1) is 11.6 Å². The van der Waals surface area contributed by atoms with Gasteiger partial charge in [0.15, 0.2) is 0 Å². The Balaban J connectivity index is 2.97. The number of hydrogen-bond acceptors (Lipinski definition) is 0. The highest BCUT2D eigenvalue weighted by atomic mass is 35.5. The topological polar surface area (TPSA) is 0 Å². The molecule has 0 rings (SSSR count). The molecule has 0 nitrogen and oxygen atoms in total. The maximum atomic E-state index is 5.50. The van der Waals surface area contributed by atoms with Crippen LogP contribution >= 0.6 is 11.6 Å². The average Bonchev–Trinajstić information content (AvgIpc) is 1.89. The van der Waals surface area contributed by atoms with E-state index in [0.717, 1.165) is 25.1 Å². The van der Waals surface area contributed by atoms with Crippen molar-refractivity contribution in [3.63, 3.8) is 0 Å². The van der Waals surface area contributed by atoms with Crippen molar-refractivity contribution in [1.29, 1.82) is 0 Å². The predicted octanol–water partition coefficient (Wildman–Crippen LogP) is 3.36. The second-order valence-corrected chi connectivity index (χ2v) is 2.63. The average molecular weight is 147 g/mol. The minimum atomic E-state index is 0.789.